The number of nitrogens with one attached hydrogen (secondary N) is 3. The predicted molar refractivity (Wildman–Crippen MR) is 141 cm³/mol. The maximum absolute atomic E-state index is 13.4. The van der Waals surface area contributed by atoms with Crippen LogP contribution in [-0.4, -0.2) is 87.1 Å². The van der Waals surface area contributed by atoms with E-state index >= 15 is 0 Å². The highest BCUT2D eigenvalue weighted by molar-refractivity contribution is 5.95. The average Bonchev–Trinajstić information content (AvgIpc) is 3.53. The Hall–Kier alpha value is -3.48. The van der Waals surface area contributed by atoms with E-state index in [1.165, 1.54) is 11.8 Å². The zero-order valence-electron chi connectivity index (χ0n) is 21.6. The minimum absolute atomic E-state index is 0.0625. The molecule has 5 unspecified atom stereocenters. The highest BCUT2D eigenvalue weighted by Gasteiger charge is 2.38. The lowest BCUT2D eigenvalue weighted by atomic mass is 10.0. The number of H-pyrrole nitrogens is 1. The summed E-state index contributed by atoms with van der Waals surface area (Å²) in [7, 11) is 0. The van der Waals surface area contributed by atoms with E-state index < -0.39 is 48.1 Å². The molecule has 1 fully saturated rings. The number of likely N-dealkylation sites (tertiary alicyclic amines) is 1. The van der Waals surface area contributed by atoms with Crippen molar-refractivity contribution in [2.45, 2.75) is 75.7 Å². The molecule has 0 aliphatic carbocycles. The Morgan fingerprint density at radius 1 is 1.18 bits per heavy atom. The van der Waals surface area contributed by atoms with Crippen molar-refractivity contribution in [1.29, 1.82) is 0 Å². The number of hydrogen-bond donors (Lipinski definition) is 7. The van der Waals surface area contributed by atoms with Crippen LogP contribution >= 0.6 is 0 Å². The van der Waals surface area contributed by atoms with Crippen LogP contribution in [0.4, 0.5) is 0 Å². The first-order valence-electron chi connectivity index (χ1n) is 13.0. The van der Waals surface area contributed by atoms with Crippen LogP contribution in [0.15, 0.2) is 30.5 Å². The number of carboxylic acid groups (broad SMARTS) is 1. The molecule has 3 rings (SSSR count). The van der Waals surface area contributed by atoms with Gasteiger partial charge in [-0.3, -0.25) is 14.4 Å². The summed E-state index contributed by atoms with van der Waals surface area (Å²) >= 11 is 0. The summed E-state index contributed by atoms with van der Waals surface area (Å²) in [6.45, 7) is 2.14. The number of hydrogen-bond acceptors (Lipinski definition) is 7. The maximum Gasteiger partial charge on any atom is 0.328 e. The molecule has 1 aliphatic rings. The standard InChI is InChI=1S/C26H38N6O6/c1-15(33)22(26(37)38)31-23(34)20(13-16-14-29-19-9-3-2-7-17(16)19)30-24(35)21-10-6-12-32(21)25(36)18(28)8-4-5-11-27/h2-3,7,9,14-15,18,20-22,29,33H,4-6,8,10-13,27-28H2,1H3,(H,30,35)(H,31,34)(H,37,38). The van der Waals surface area contributed by atoms with Gasteiger partial charge in [-0.05, 0) is 50.8 Å². The Bertz CT molecular complexity index is 1130. The quantitative estimate of drug-likeness (QED) is 0.169. The van der Waals surface area contributed by atoms with E-state index in [-0.39, 0.29) is 12.3 Å². The topological polar surface area (TPSA) is 204 Å². The number of aliphatic hydroxyl groups is 1. The third kappa shape index (κ3) is 7.09. The molecule has 12 nitrogen and oxygen atoms in total. The second-order valence-electron chi connectivity index (χ2n) is 9.77. The highest BCUT2D eigenvalue weighted by Crippen LogP contribution is 2.22. The number of aliphatic carboxylic acids is 1. The predicted octanol–water partition coefficient (Wildman–Crippen LogP) is -0.407. The number of carbonyl (C=O) groups excluding carboxylic acids is 3. The minimum Gasteiger partial charge on any atom is -0.480 e. The summed E-state index contributed by atoms with van der Waals surface area (Å²) in [6.07, 6.45) is 3.38. The van der Waals surface area contributed by atoms with Crippen LogP contribution in [-0.2, 0) is 25.6 Å². The zero-order chi connectivity index (χ0) is 27.8. The summed E-state index contributed by atoms with van der Waals surface area (Å²) in [4.78, 5) is 55.7. The molecular weight excluding hydrogens is 492 g/mol. The minimum atomic E-state index is -1.55. The Labute approximate surface area is 221 Å². The van der Waals surface area contributed by atoms with E-state index in [1.807, 2.05) is 24.3 Å². The summed E-state index contributed by atoms with van der Waals surface area (Å²) in [5.74, 6) is -3.00. The van der Waals surface area contributed by atoms with Crippen molar-refractivity contribution >= 4 is 34.6 Å². The molecule has 12 heteroatoms. The van der Waals surface area contributed by atoms with Crippen LogP contribution in [0.2, 0.25) is 0 Å². The number of carboxylic acids is 1. The number of para-hydroxylation sites is 1. The first-order valence-corrected chi connectivity index (χ1v) is 13.0. The molecule has 38 heavy (non-hydrogen) atoms. The number of carbonyl (C=O) groups is 4. The third-order valence-electron chi connectivity index (χ3n) is 6.90. The molecule has 5 atom stereocenters. The van der Waals surface area contributed by atoms with E-state index in [2.05, 4.69) is 15.6 Å². The summed E-state index contributed by atoms with van der Waals surface area (Å²) < 4.78 is 0. The SMILES string of the molecule is CC(O)C(NC(=O)C(Cc1c[nH]c2ccccc12)NC(=O)C1CCCN1C(=O)C(N)CCCCN)C(=O)O. The lowest BCUT2D eigenvalue weighted by molar-refractivity contribution is -0.145. The molecule has 9 N–H and O–H groups in total. The lowest BCUT2D eigenvalue weighted by Gasteiger charge is -2.29. The molecule has 208 valence electrons. The number of aromatic nitrogens is 1. The van der Waals surface area contributed by atoms with Crippen molar-refractivity contribution in [2.75, 3.05) is 13.1 Å². The molecule has 2 aromatic rings. The molecule has 0 bridgehead atoms. The molecule has 1 aliphatic heterocycles. The molecule has 2 heterocycles. The number of rotatable bonds is 13. The molecule has 0 saturated carbocycles. The van der Waals surface area contributed by atoms with Gasteiger partial charge >= 0.3 is 5.97 Å². The van der Waals surface area contributed by atoms with Gasteiger partial charge in [0.05, 0.1) is 12.1 Å². The second kappa shape index (κ2) is 13.4. The fraction of sp³-hybridized carbons (Fsp3) is 0.538. The van der Waals surface area contributed by atoms with Gasteiger partial charge in [0.25, 0.3) is 0 Å². The van der Waals surface area contributed by atoms with E-state index in [9.17, 15) is 29.4 Å². The van der Waals surface area contributed by atoms with Gasteiger partial charge in [0, 0.05) is 30.1 Å². The summed E-state index contributed by atoms with van der Waals surface area (Å²) in [5.41, 5.74) is 13.2. The Balaban J connectivity index is 1.79. The van der Waals surface area contributed by atoms with Gasteiger partial charge in [-0.2, -0.15) is 0 Å². The van der Waals surface area contributed by atoms with E-state index in [1.54, 1.807) is 6.20 Å². The van der Waals surface area contributed by atoms with Crippen LogP contribution in [0.25, 0.3) is 10.9 Å². The van der Waals surface area contributed by atoms with Crippen LogP contribution in [0.1, 0.15) is 44.6 Å². The molecule has 1 aromatic carbocycles. The number of amides is 3. The van der Waals surface area contributed by atoms with E-state index in [0.29, 0.717) is 38.8 Å². The number of benzene rings is 1. The van der Waals surface area contributed by atoms with Crippen molar-refractivity contribution in [3.8, 4) is 0 Å². The van der Waals surface area contributed by atoms with Gasteiger partial charge in [-0.1, -0.05) is 24.6 Å². The van der Waals surface area contributed by atoms with Crippen molar-refractivity contribution in [3.63, 3.8) is 0 Å². The first kappa shape index (κ1) is 29.1. The van der Waals surface area contributed by atoms with Crippen molar-refractivity contribution in [3.05, 3.63) is 36.0 Å². The normalized spacial score (nSPS) is 18.5. The Kier molecular flexibility index (Phi) is 10.2. The van der Waals surface area contributed by atoms with Crippen LogP contribution in [0, 0.1) is 0 Å². The monoisotopic (exact) mass is 530 g/mol. The maximum atomic E-state index is 13.4. The van der Waals surface area contributed by atoms with Gasteiger partial charge in [-0.15, -0.1) is 0 Å². The average molecular weight is 531 g/mol. The van der Waals surface area contributed by atoms with Gasteiger partial charge < -0.3 is 42.2 Å². The fourth-order valence-corrected chi connectivity index (χ4v) is 4.79. The van der Waals surface area contributed by atoms with Crippen LogP contribution in [0.3, 0.4) is 0 Å². The number of fused-ring (bicyclic) bond motifs is 1. The fourth-order valence-electron chi connectivity index (χ4n) is 4.79. The molecule has 3 amide bonds. The van der Waals surface area contributed by atoms with Gasteiger partial charge in [0.15, 0.2) is 6.04 Å². The van der Waals surface area contributed by atoms with Gasteiger partial charge in [0.1, 0.15) is 12.1 Å². The van der Waals surface area contributed by atoms with Crippen molar-refractivity contribution < 1.29 is 29.4 Å². The first-order chi connectivity index (χ1) is 18.1. The highest BCUT2D eigenvalue weighted by atomic mass is 16.4. The molecule has 0 spiro atoms. The Morgan fingerprint density at radius 2 is 1.92 bits per heavy atom. The number of unbranched alkanes of at least 4 members (excludes halogenated alkanes) is 1. The number of nitrogens with zero attached hydrogens (tertiary/aromatic N) is 1. The third-order valence-corrected chi connectivity index (χ3v) is 6.90. The largest absolute Gasteiger partial charge is 0.480 e. The van der Waals surface area contributed by atoms with Gasteiger partial charge in [0.2, 0.25) is 17.7 Å². The smallest absolute Gasteiger partial charge is 0.328 e. The summed E-state index contributed by atoms with van der Waals surface area (Å²) in [5, 5.41) is 25.2. The van der Waals surface area contributed by atoms with Crippen LogP contribution in [0.5, 0.6) is 0 Å². The van der Waals surface area contributed by atoms with Crippen molar-refractivity contribution in [2.24, 2.45) is 11.5 Å². The number of aromatic amines is 1. The molecular formula is C26H38N6O6. The molecule has 0 radical (unpaired) electrons. The Morgan fingerprint density at radius 3 is 2.61 bits per heavy atom. The van der Waals surface area contributed by atoms with E-state index in [0.717, 1.165) is 22.9 Å². The number of nitrogens with two attached hydrogens (primary N) is 2. The van der Waals surface area contributed by atoms with Crippen LogP contribution < -0.4 is 22.1 Å². The van der Waals surface area contributed by atoms with Gasteiger partial charge in [-0.25, -0.2) is 4.79 Å². The zero-order valence-corrected chi connectivity index (χ0v) is 21.6. The van der Waals surface area contributed by atoms with Crippen molar-refractivity contribution in [1.82, 2.24) is 20.5 Å². The molecule has 1 saturated heterocycles. The molecule has 1 aromatic heterocycles. The summed E-state index contributed by atoms with van der Waals surface area (Å²) in [6, 6.07) is 3.20. The van der Waals surface area contributed by atoms with E-state index in [4.69, 9.17) is 11.5 Å². The number of aliphatic hydroxyl groups excluding tert-OH is 1. The lowest BCUT2D eigenvalue weighted by Crippen LogP contribution is -2.58. The second-order valence-corrected chi connectivity index (χ2v) is 9.77.